The number of nitrogens with one attached hydrogen (secondary N) is 2. The molecule has 0 spiro atoms. The van der Waals surface area contributed by atoms with Crippen LogP contribution < -0.4 is 10.6 Å². The van der Waals surface area contributed by atoms with Gasteiger partial charge in [0.25, 0.3) is 5.24 Å². The predicted molar refractivity (Wildman–Crippen MR) is 117 cm³/mol. The first kappa shape index (κ1) is 28.1. The number of amides is 2. The highest BCUT2D eigenvalue weighted by molar-refractivity contribution is 7.96. The van der Waals surface area contributed by atoms with Crippen molar-refractivity contribution in [2.75, 3.05) is 59.3 Å². The highest BCUT2D eigenvalue weighted by Gasteiger charge is 2.02. The maximum absolute atomic E-state index is 11.4. The molecule has 2 amide bonds. The molecule has 0 aliphatic heterocycles. The van der Waals surface area contributed by atoms with Gasteiger partial charge in [-0.1, -0.05) is 12.6 Å². The van der Waals surface area contributed by atoms with Crippen LogP contribution in [0.3, 0.4) is 0 Å². The minimum atomic E-state index is -0.281. The zero-order chi connectivity index (χ0) is 21.6. The van der Waals surface area contributed by atoms with E-state index in [0.29, 0.717) is 52.7 Å². The van der Waals surface area contributed by atoms with Crippen LogP contribution in [-0.4, -0.2) is 76.6 Å². The molecular weight excluding hydrogens is 396 g/mol. The number of hydrogen-bond donors (Lipinski definition) is 3. The third-order valence-electron chi connectivity index (χ3n) is 3.82. The summed E-state index contributed by atoms with van der Waals surface area (Å²) < 4.78 is 21.7. The fourth-order valence-electron chi connectivity index (χ4n) is 2.27. The van der Waals surface area contributed by atoms with Gasteiger partial charge in [-0.3, -0.25) is 9.59 Å². The van der Waals surface area contributed by atoms with Crippen molar-refractivity contribution < 1.29 is 28.5 Å². The van der Waals surface area contributed by atoms with Crippen LogP contribution in [-0.2, 0) is 23.7 Å². The molecule has 29 heavy (non-hydrogen) atoms. The highest BCUT2D eigenvalue weighted by Crippen LogP contribution is 1.96. The quantitative estimate of drug-likeness (QED) is 0.189. The summed E-state index contributed by atoms with van der Waals surface area (Å²) in [7, 11) is 0. The summed E-state index contributed by atoms with van der Waals surface area (Å²) in [4.78, 5) is 22.0. The van der Waals surface area contributed by atoms with E-state index in [4.69, 9.17) is 18.9 Å². The van der Waals surface area contributed by atoms with Crippen molar-refractivity contribution in [1.29, 1.82) is 0 Å². The Labute approximate surface area is 181 Å². The molecule has 0 aromatic carbocycles. The summed E-state index contributed by atoms with van der Waals surface area (Å²) in [6.07, 6.45) is 5.92. The Morgan fingerprint density at radius 3 is 1.69 bits per heavy atom. The molecule has 0 rings (SSSR count). The van der Waals surface area contributed by atoms with Crippen molar-refractivity contribution in [2.24, 2.45) is 0 Å². The molecule has 0 radical (unpaired) electrons. The largest absolute Gasteiger partial charge is 0.379 e. The van der Waals surface area contributed by atoms with E-state index in [-0.39, 0.29) is 23.9 Å². The van der Waals surface area contributed by atoms with Crippen LogP contribution in [0.2, 0.25) is 0 Å². The maximum atomic E-state index is 11.4. The molecule has 0 aromatic heterocycles. The second-order valence-electron chi connectivity index (χ2n) is 6.90. The van der Waals surface area contributed by atoms with Gasteiger partial charge in [0.05, 0.1) is 32.5 Å². The second kappa shape index (κ2) is 21.8. The zero-order valence-corrected chi connectivity index (χ0v) is 19.0. The average molecular weight is 437 g/mol. The Bertz CT molecular complexity index is 399. The Hall–Kier alpha value is -0.870. The average Bonchev–Trinajstić information content (AvgIpc) is 2.67. The number of carbonyl (C=O) groups excluding carboxylic acids is 2. The van der Waals surface area contributed by atoms with Gasteiger partial charge in [-0.15, -0.1) is 0 Å². The van der Waals surface area contributed by atoms with E-state index in [9.17, 15) is 9.59 Å². The molecule has 9 heteroatoms. The number of thiol groups is 1. The third kappa shape index (κ3) is 25.1. The fourth-order valence-corrected chi connectivity index (χ4v) is 2.38. The third-order valence-corrected chi connectivity index (χ3v) is 3.98. The summed E-state index contributed by atoms with van der Waals surface area (Å²) in [5.41, 5.74) is 0. The van der Waals surface area contributed by atoms with E-state index in [1.165, 1.54) is 0 Å². The van der Waals surface area contributed by atoms with Crippen LogP contribution >= 0.6 is 12.6 Å². The molecule has 0 heterocycles. The number of rotatable bonds is 21. The van der Waals surface area contributed by atoms with Crippen molar-refractivity contribution in [3.8, 4) is 0 Å². The van der Waals surface area contributed by atoms with Gasteiger partial charge < -0.3 is 29.6 Å². The maximum Gasteiger partial charge on any atom is 0.275 e. The van der Waals surface area contributed by atoms with Gasteiger partial charge in [-0.2, -0.15) is 0 Å². The van der Waals surface area contributed by atoms with Crippen molar-refractivity contribution in [2.45, 2.75) is 58.5 Å². The molecule has 0 saturated carbocycles. The van der Waals surface area contributed by atoms with E-state index in [0.717, 1.165) is 38.5 Å². The predicted octanol–water partition coefficient (Wildman–Crippen LogP) is 2.56. The lowest BCUT2D eigenvalue weighted by molar-refractivity contribution is -0.127. The molecule has 0 fully saturated rings. The standard InChI is InChI=1S/C20H40N2O6S/c1-18(2)28-17-19(23)21-9-5-3-7-11-25-13-15-27-16-14-26-12-8-4-6-10-22-20(24)29/h18H,3-17H2,1-2H3,(H,21,23)(H2,22,24,29). The molecule has 0 saturated heterocycles. The molecule has 0 aliphatic rings. The van der Waals surface area contributed by atoms with Crippen LogP contribution in [0, 0.1) is 0 Å². The summed E-state index contributed by atoms with van der Waals surface area (Å²) in [6, 6.07) is 0. The molecule has 2 N–H and O–H groups in total. The van der Waals surface area contributed by atoms with Crippen molar-refractivity contribution in [1.82, 2.24) is 10.6 Å². The summed E-state index contributed by atoms with van der Waals surface area (Å²) in [5, 5.41) is 5.20. The number of unbranched alkanes of at least 4 members (excludes halogenated alkanes) is 4. The summed E-state index contributed by atoms with van der Waals surface area (Å²) in [5.74, 6) is -0.0599. The van der Waals surface area contributed by atoms with E-state index in [1.807, 2.05) is 13.8 Å². The van der Waals surface area contributed by atoms with Crippen LogP contribution in [0.1, 0.15) is 52.4 Å². The van der Waals surface area contributed by atoms with Crippen molar-refractivity contribution in [3.63, 3.8) is 0 Å². The highest BCUT2D eigenvalue weighted by atomic mass is 32.1. The van der Waals surface area contributed by atoms with E-state index in [1.54, 1.807) is 0 Å². The van der Waals surface area contributed by atoms with Crippen LogP contribution in [0.4, 0.5) is 4.79 Å². The molecule has 8 nitrogen and oxygen atoms in total. The Kier molecular flexibility index (Phi) is 21.2. The zero-order valence-electron chi connectivity index (χ0n) is 18.1. The van der Waals surface area contributed by atoms with E-state index >= 15 is 0 Å². The Balaban J connectivity index is 3.10. The van der Waals surface area contributed by atoms with E-state index < -0.39 is 0 Å². The number of carbonyl (C=O) groups is 2. The molecule has 0 aromatic rings. The molecule has 0 bridgehead atoms. The van der Waals surface area contributed by atoms with Crippen molar-refractivity contribution >= 4 is 23.8 Å². The Morgan fingerprint density at radius 2 is 1.21 bits per heavy atom. The van der Waals surface area contributed by atoms with Gasteiger partial charge in [-0.25, -0.2) is 0 Å². The second-order valence-corrected chi connectivity index (χ2v) is 7.31. The number of ether oxygens (including phenoxy) is 4. The van der Waals surface area contributed by atoms with E-state index in [2.05, 4.69) is 23.3 Å². The molecule has 172 valence electrons. The van der Waals surface area contributed by atoms with Gasteiger partial charge in [0.1, 0.15) is 6.61 Å². The SMILES string of the molecule is CC(C)OCC(=O)NCCCCCOCCOCCOCCCCCNC(=O)S. The first-order valence-electron chi connectivity index (χ1n) is 10.6. The topological polar surface area (TPSA) is 95.1 Å². The lowest BCUT2D eigenvalue weighted by atomic mass is 10.2. The molecule has 0 aliphatic carbocycles. The molecular formula is C20H40N2O6S. The Morgan fingerprint density at radius 1 is 0.724 bits per heavy atom. The smallest absolute Gasteiger partial charge is 0.275 e. The molecule has 0 unspecified atom stereocenters. The summed E-state index contributed by atoms with van der Waals surface area (Å²) in [6.45, 7) is 9.00. The lowest BCUT2D eigenvalue weighted by Gasteiger charge is -2.08. The first-order valence-corrected chi connectivity index (χ1v) is 11.1. The normalized spacial score (nSPS) is 11.0. The number of hydrogen-bond acceptors (Lipinski definition) is 6. The minimum Gasteiger partial charge on any atom is -0.379 e. The summed E-state index contributed by atoms with van der Waals surface area (Å²) >= 11 is 3.64. The molecule has 0 atom stereocenters. The van der Waals surface area contributed by atoms with Gasteiger partial charge >= 0.3 is 0 Å². The van der Waals surface area contributed by atoms with Crippen molar-refractivity contribution in [3.05, 3.63) is 0 Å². The van der Waals surface area contributed by atoms with Gasteiger partial charge in [0.2, 0.25) is 5.91 Å². The minimum absolute atomic E-state index is 0.0599. The van der Waals surface area contributed by atoms with Crippen LogP contribution in [0.25, 0.3) is 0 Å². The first-order chi connectivity index (χ1) is 14.0. The van der Waals surface area contributed by atoms with Crippen LogP contribution in [0.5, 0.6) is 0 Å². The van der Waals surface area contributed by atoms with Gasteiger partial charge in [0.15, 0.2) is 0 Å². The van der Waals surface area contributed by atoms with Gasteiger partial charge in [0, 0.05) is 26.3 Å². The fraction of sp³-hybridized carbons (Fsp3) is 0.900. The lowest BCUT2D eigenvalue weighted by Crippen LogP contribution is -2.29. The monoisotopic (exact) mass is 436 g/mol. The van der Waals surface area contributed by atoms with Crippen LogP contribution in [0.15, 0.2) is 0 Å². The van der Waals surface area contributed by atoms with Gasteiger partial charge in [-0.05, 0) is 52.4 Å².